The van der Waals surface area contributed by atoms with Gasteiger partial charge in [-0.3, -0.25) is 9.59 Å². The highest BCUT2D eigenvalue weighted by Crippen LogP contribution is 2.23. The molecule has 2 aromatic carbocycles. The SMILES string of the molecule is CC(=O)Nc1cc(Cl)ccc1/C=C/C(=O)N1CCOC(COc2ncnc3ccccc23)C1. The number of morpholine rings is 1. The number of nitrogens with zero attached hydrogens (tertiary/aromatic N) is 3. The maximum atomic E-state index is 12.8. The fraction of sp³-hybridized carbons (Fsp3) is 0.250. The first-order valence-electron chi connectivity index (χ1n) is 10.5. The van der Waals surface area contributed by atoms with Crippen LogP contribution in [0, 0.1) is 0 Å². The highest BCUT2D eigenvalue weighted by molar-refractivity contribution is 6.31. The van der Waals surface area contributed by atoms with Gasteiger partial charge < -0.3 is 19.7 Å². The van der Waals surface area contributed by atoms with Crippen molar-refractivity contribution >= 4 is 46.1 Å². The Morgan fingerprint density at radius 2 is 2.12 bits per heavy atom. The van der Waals surface area contributed by atoms with Crippen molar-refractivity contribution in [2.45, 2.75) is 13.0 Å². The van der Waals surface area contributed by atoms with E-state index in [1.165, 1.54) is 19.3 Å². The second kappa shape index (κ2) is 10.4. The Morgan fingerprint density at radius 1 is 1.27 bits per heavy atom. The molecule has 33 heavy (non-hydrogen) atoms. The summed E-state index contributed by atoms with van der Waals surface area (Å²) in [5.41, 5.74) is 2.03. The molecule has 3 aromatic rings. The van der Waals surface area contributed by atoms with Gasteiger partial charge in [-0.15, -0.1) is 0 Å². The second-order valence-corrected chi connectivity index (χ2v) is 7.97. The summed E-state index contributed by atoms with van der Waals surface area (Å²) in [5, 5.41) is 4.04. The van der Waals surface area contributed by atoms with Crippen LogP contribution >= 0.6 is 11.6 Å². The molecule has 4 rings (SSSR count). The Labute approximate surface area is 196 Å². The Morgan fingerprint density at radius 3 is 2.97 bits per heavy atom. The fourth-order valence-electron chi connectivity index (χ4n) is 3.53. The summed E-state index contributed by atoms with van der Waals surface area (Å²) in [7, 11) is 0. The summed E-state index contributed by atoms with van der Waals surface area (Å²) in [5.74, 6) is 0.117. The van der Waals surface area contributed by atoms with Gasteiger partial charge in [0.2, 0.25) is 17.7 Å². The number of benzene rings is 2. The summed E-state index contributed by atoms with van der Waals surface area (Å²) >= 11 is 6.02. The first-order chi connectivity index (χ1) is 16.0. The summed E-state index contributed by atoms with van der Waals surface area (Å²) < 4.78 is 11.7. The molecule has 0 aliphatic carbocycles. The minimum atomic E-state index is -0.282. The van der Waals surface area contributed by atoms with Crippen molar-refractivity contribution in [3.8, 4) is 5.88 Å². The molecule has 170 valence electrons. The van der Waals surface area contributed by atoms with Gasteiger partial charge in [0.1, 0.15) is 19.0 Å². The number of hydrogen-bond acceptors (Lipinski definition) is 6. The molecular weight excluding hydrogens is 444 g/mol. The van der Waals surface area contributed by atoms with Crippen molar-refractivity contribution in [2.24, 2.45) is 0 Å². The molecule has 1 aliphatic heterocycles. The van der Waals surface area contributed by atoms with Crippen molar-refractivity contribution in [1.29, 1.82) is 0 Å². The largest absolute Gasteiger partial charge is 0.474 e. The second-order valence-electron chi connectivity index (χ2n) is 7.53. The molecule has 1 aromatic heterocycles. The standard InChI is InChI=1S/C24H23ClN4O4/c1-16(30)28-22-12-18(25)8-6-17(22)7-9-23(31)29-10-11-32-19(13-29)14-33-24-20-4-2-3-5-21(20)26-15-27-24/h2-9,12,15,19H,10-11,13-14H2,1H3,(H,28,30)/b9-7+. The van der Waals surface area contributed by atoms with E-state index in [4.69, 9.17) is 21.1 Å². The van der Waals surface area contributed by atoms with Crippen LogP contribution in [0.3, 0.4) is 0 Å². The van der Waals surface area contributed by atoms with Gasteiger partial charge in [-0.1, -0.05) is 29.8 Å². The maximum Gasteiger partial charge on any atom is 0.246 e. The molecule has 1 fully saturated rings. The lowest BCUT2D eigenvalue weighted by Crippen LogP contribution is -2.47. The zero-order valence-electron chi connectivity index (χ0n) is 18.0. The van der Waals surface area contributed by atoms with E-state index in [9.17, 15) is 9.59 Å². The number of para-hydroxylation sites is 1. The van der Waals surface area contributed by atoms with E-state index in [-0.39, 0.29) is 24.5 Å². The number of ether oxygens (including phenoxy) is 2. The average Bonchev–Trinajstić information content (AvgIpc) is 2.82. The number of carbonyl (C=O) groups excluding carboxylic acids is 2. The first kappa shape index (κ1) is 22.7. The number of anilines is 1. The van der Waals surface area contributed by atoms with E-state index in [1.807, 2.05) is 24.3 Å². The topological polar surface area (TPSA) is 93.7 Å². The molecule has 0 spiro atoms. The van der Waals surface area contributed by atoms with Crippen molar-refractivity contribution in [2.75, 3.05) is 31.6 Å². The number of aromatic nitrogens is 2. The van der Waals surface area contributed by atoms with Gasteiger partial charge in [0.25, 0.3) is 0 Å². The predicted octanol–water partition coefficient (Wildman–Crippen LogP) is 3.56. The molecule has 2 heterocycles. The molecule has 1 unspecified atom stereocenters. The lowest BCUT2D eigenvalue weighted by molar-refractivity contribution is -0.134. The normalized spacial score (nSPS) is 16.2. The van der Waals surface area contributed by atoms with Crippen molar-refractivity contribution in [1.82, 2.24) is 14.9 Å². The van der Waals surface area contributed by atoms with Gasteiger partial charge in [0.05, 0.1) is 24.1 Å². The monoisotopic (exact) mass is 466 g/mol. The van der Waals surface area contributed by atoms with Crippen molar-refractivity contribution in [3.05, 3.63) is 65.5 Å². The number of amides is 2. The molecule has 1 saturated heterocycles. The van der Waals surface area contributed by atoms with Crippen LogP contribution in [0.5, 0.6) is 5.88 Å². The van der Waals surface area contributed by atoms with E-state index in [1.54, 1.807) is 29.2 Å². The van der Waals surface area contributed by atoms with Gasteiger partial charge in [-0.05, 0) is 35.9 Å². The molecule has 2 amide bonds. The van der Waals surface area contributed by atoms with E-state index in [0.29, 0.717) is 41.8 Å². The van der Waals surface area contributed by atoms with Gasteiger partial charge in [0, 0.05) is 30.3 Å². The Hall–Kier alpha value is -3.49. The first-order valence-corrected chi connectivity index (χ1v) is 10.9. The van der Waals surface area contributed by atoms with E-state index in [2.05, 4.69) is 15.3 Å². The number of rotatable bonds is 6. The Balaban J connectivity index is 1.38. The summed E-state index contributed by atoms with van der Waals surface area (Å²) in [6.07, 6.45) is 4.33. The Bertz CT molecular complexity index is 1190. The van der Waals surface area contributed by atoms with Crippen LogP contribution in [0.25, 0.3) is 17.0 Å². The highest BCUT2D eigenvalue weighted by Gasteiger charge is 2.24. The molecule has 8 nitrogen and oxygen atoms in total. The van der Waals surface area contributed by atoms with Gasteiger partial charge in [0.15, 0.2) is 0 Å². The molecule has 1 aliphatic rings. The van der Waals surface area contributed by atoms with Crippen LogP contribution in [0.1, 0.15) is 12.5 Å². The van der Waals surface area contributed by atoms with Crippen LogP contribution < -0.4 is 10.1 Å². The molecule has 0 bridgehead atoms. The highest BCUT2D eigenvalue weighted by atomic mass is 35.5. The third-order valence-corrected chi connectivity index (χ3v) is 5.33. The van der Waals surface area contributed by atoms with Crippen LogP contribution in [0.4, 0.5) is 5.69 Å². The molecule has 1 atom stereocenters. The van der Waals surface area contributed by atoms with E-state index >= 15 is 0 Å². The average molecular weight is 467 g/mol. The zero-order valence-corrected chi connectivity index (χ0v) is 18.8. The van der Waals surface area contributed by atoms with Crippen LogP contribution in [0.2, 0.25) is 5.02 Å². The van der Waals surface area contributed by atoms with Crippen molar-refractivity contribution in [3.63, 3.8) is 0 Å². The van der Waals surface area contributed by atoms with Gasteiger partial charge in [-0.25, -0.2) is 9.97 Å². The molecule has 1 N–H and O–H groups in total. The summed E-state index contributed by atoms with van der Waals surface area (Å²) in [4.78, 5) is 34.4. The third kappa shape index (κ3) is 5.85. The summed E-state index contributed by atoms with van der Waals surface area (Å²) in [6, 6.07) is 12.7. The number of hydrogen-bond donors (Lipinski definition) is 1. The third-order valence-electron chi connectivity index (χ3n) is 5.09. The molecule has 9 heteroatoms. The lowest BCUT2D eigenvalue weighted by atomic mass is 10.1. The molecule has 0 saturated carbocycles. The predicted molar refractivity (Wildman–Crippen MR) is 126 cm³/mol. The van der Waals surface area contributed by atoms with Crippen molar-refractivity contribution < 1.29 is 19.1 Å². The fourth-order valence-corrected chi connectivity index (χ4v) is 3.70. The lowest BCUT2D eigenvalue weighted by Gasteiger charge is -2.32. The summed E-state index contributed by atoms with van der Waals surface area (Å²) in [6.45, 7) is 2.97. The Kier molecular flexibility index (Phi) is 7.16. The molecule has 0 radical (unpaired) electrons. The zero-order chi connectivity index (χ0) is 23.2. The maximum absolute atomic E-state index is 12.8. The van der Waals surface area contributed by atoms with Crippen LogP contribution in [-0.4, -0.2) is 59.1 Å². The number of carbonyl (C=O) groups is 2. The van der Waals surface area contributed by atoms with Crippen LogP contribution in [-0.2, 0) is 14.3 Å². The number of fused-ring (bicyclic) bond motifs is 1. The van der Waals surface area contributed by atoms with Gasteiger partial charge >= 0.3 is 0 Å². The smallest absolute Gasteiger partial charge is 0.246 e. The molecular formula is C24H23ClN4O4. The van der Waals surface area contributed by atoms with Crippen LogP contribution in [0.15, 0.2) is 54.9 Å². The van der Waals surface area contributed by atoms with E-state index < -0.39 is 0 Å². The van der Waals surface area contributed by atoms with E-state index in [0.717, 1.165) is 10.9 Å². The quantitative estimate of drug-likeness (QED) is 0.558. The number of nitrogens with one attached hydrogen (secondary N) is 1. The minimum Gasteiger partial charge on any atom is -0.474 e. The van der Waals surface area contributed by atoms with Gasteiger partial charge in [-0.2, -0.15) is 0 Å². The minimum absolute atomic E-state index is 0.153. The number of halogens is 1.